The SMILES string of the molecule is C=CCOc1ccc(NC(=O)CN(c2ccc(C(=O)N(C)C)cc2)S(C)(=O)=O)cc1. The smallest absolute Gasteiger partial charge is 0.253 e. The highest BCUT2D eigenvalue weighted by atomic mass is 32.2. The van der Waals surface area contributed by atoms with Crippen molar-refractivity contribution in [1.29, 1.82) is 0 Å². The van der Waals surface area contributed by atoms with Crippen LogP contribution in [0, 0.1) is 0 Å². The van der Waals surface area contributed by atoms with Crippen molar-refractivity contribution in [1.82, 2.24) is 4.90 Å². The van der Waals surface area contributed by atoms with Crippen LogP contribution in [0.2, 0.25) is 0 Å². The lowest BCUT2D eigenvalue weighted by atomic mass is 10.2. The van der Waals surface area contributed by atoms with E-state index in [1.807, 2.05) is 0 Å². The van der Waals surface area contributed by atoms with Gasteiger partial charge in [0.15, 0.2) is 0 Å². The molecule has 0 saturated heterocycles. The highest BCUT2D eigenvalue weighted by Gasteiger charge is 2.21. The van der Waals surface area contributed by atoms with Crippen molar-refractivity contribution in [3.8, 4) is 5.75 Å². The number of hydrogen-bond acceptors (Lipinski definition) is 5. The third kappa shape index (κ3) is 6.35. The average Bonchev–Trinajstić information content (AvgIpc) is 2.70. The van der Waals surface area contributed by atoms with Crippen LogP contribution < -0.4 is 14.4 Å². The molecule has 0 fully saturated rings. The molecule has 30 heavy (non-hydrogen) atoms. The molecule has 2 amide bonds. The Morgan fingerprint density at radius 2 is 1.67 bits per heavy atom. The van der Waals surface area contributed by atoms with Gasteiger partial charge in [-0.25, -0.2) is 8.42 Å². The highest BCUT2D eigenvalue weighted by molar-refractivity contribution is 7.92. The van der Waals surface area contributed by atoms with Crippen molar-refractivity contribution in [2.24, 2.45) is 0 Å². The minimum Gasteiger partial charge on any atom is -0.490 e. The number of carbonyl (C=O) groups is 2. The van der Waals surface area contributed by atoms with E-state index in [1.54, 1.807) is 44.4 Å². The molecule has 0 aliphatic heterocycles. The summed E-state index contributed by atoms with van der Waals surface area (Å²) in [4.78, 5) is 25.9. The van der Waals surface area contributed by atoms with Gasteiger partial charge in [0.1, 0.15) is 18.9 Å². The first kappa shape index (κ1) is 23.0. The molecule has 2 aromatic carbocycles. The largest absolute Gasteiger partial charge is 0.490 e. The summed E-state index contributed by atoms with van der Waals surface area (Å²) in [5.41, 5.74) is 1.21. The van der Waals surface area contributed by atoms with E-state index in [2.05, 4.69) is 11.9 Å². The average molecular weight is 432 g/mol. The van der Waals surface area contributed by atoms with Crippen LogP contribution in [-0.4, -0.2) is 58.6 Å². The zero-order chi connectivity index (χ0) is 22.3. The van der Waals surface area contributed by atoms with Gasteiger partial charge in [-0.3, -0.25) is 13.9 Å². The van der Waals surface area contributed by atoms with Gasteiger partial charge in [-0.1, -0.05) is 12.7 Å². The Labute approximate surface area is 176 Å². The van der Waals surface area contributed by atoms with E-state index in [4.69, 9.17) is 4.74 Å². The molecule has 0 saturated carbocycles. The summed E-state index contributed by atoms with van der Waals surface area (Å²) in [5, 5.41) is 2.66. The lowest BCUT2D eigenvalue weighted by Crippen LogP contribution is -2.37. The monoisotopic (exact) mass is 431 g/mol. The number of benzene rings is 2. The zero-order valence-corrected chi connectivity index (χ0v) is 18.0. The number of carbonyl (C=O) groups excluding carboxylic acids is 2. The third-order valence-electron chi connectivity index (χ3n) is 4.00. The van der Waals surface area contributed by atoms with Gasteiger partial charge in [-0.2, -0.15) is 0 Å². The predicted molar refractivity (Wildman–Crippen MR) is 117 cm³/mol. The van der Waals surface area contributed by atoms with Crippen LogP contribution in [-0.2, 0) is 14.8 Å². The van der Waals surface area contributed by atoms with Crippen molar-refractivity contribution in [3.63, 3.8) is 0 Å². The molecule has 1 N–H and O–H groups in total. The molecule has 0 unspecified atom stereocenters. The maximum Gasteiger partial charge on any atom is 0.253 e. The number of hydrogen-bond donors (Lipinski definition) is 1. The third-order valence-corrected chi connectivity index (χ3v) is 5.14. The molecule has 0 aliphatic carbocycles. The van der Waals surface area contributed by atoms with Gasteiger partial charge in [0.05, 0.1) is 11.9 Å². The molecule has 0 heterocycles. The lowest BCUT2D eigenvalue weighted by Gasteiger charge is -2.22. The lowest BCUT2D eigenvalue weighted by molar-refractivity contribution is -0.114. The molecule has 8 nitrogen and oxygen atoms in total. The number of ether oxygens (including phenoxy) is 1. The number of rotatable bonds is 9. The Bertz CT molecular complexity index is 1000. The van der Waals surface area contributed by atoms with Gasteiger partial charge >= 0.3 is 0 Å². The Balaban J connectivity index is 2.12. The quantitative estimate of drug-likeness (QED) is 0.615. The van der Waals surface area contributed by atoms with Crippen LogP contribution in [0.25, 0.3) is 0 Å². The van der Waals surface area contributed by atoms with Gasteiger partial charge in [0.2, 0.25) is 15.9 Å². The fraction of sp³-hybridized carbons (Fsp3) is 0.238. The standard InChI is InChI=1S/C21H25N3O5S/c1-5-14-29-19-12-8-17(9-13-19)22-20(25)15-24(30(4,27)28)18-10-6-16(7-11-18)21(26)23(2)3/h5-13H,1,14-15H2,2-4H3,(H,22,25). The summed E-state index contributed by atoms with van der Waals surface area (Å²) in [6.07, 6.45) is 2.64. The molecular formula is C21H25N3O5S. The molecule has 0 aromatic heterocycles. The summed E-state index contributed by atoms with van der Waals surface area (Å²) < 4.78 is 30.8. The van der Waals surface area contributed by atoms with Crippen LogP contribution in [0.15, 0.2) is 61.2 Å². The molecule has 0 aliphatic rings. The van der Waals surface area contributed by atoms with Crippen LogP contribution in [0.5, 0.6) is 5.75 Å². The number of amides is 2. The number of nitrogens with one attached hydrogen (secondary N) is 1. The molecule has 2 rings (SSSR count). The van der Waals surface area contributed by atoms with E-state index < -0.39 is 22.5 Å². The van der Waals surface area contributed by atoms with E-state index in [9.17, 15) is 18.0 Å². The van der Waals surface area contributed by atoms with Gasteiger partial charge in [0.25, 0.3) is 5.91 Å². The molecule has 9 heteroatoms. The second-order valence-electron chi connectivity index (χ2n) is 6.69. The molecule has 2 aromatic rings. The maximum absolute atomic E-state index is 12.4. The Hall–Kier alpha value is -3.33. The number of nitrogens with zero attached hydrogens (tertiary/aromatic N) is 2. The van der Waals surface area contributed by atoms with E-state index >= 15 is 0 Å². The van der Waals surface area contributed by atoms with Crippen LogP contribution in [0.4, 0.5) is 11.4 Å². The molecule has 0 spiro atoms. The van der Waals surface area contributed by atoms with E-state index in [0.717, 1.165) is 10.6 Å². The molecule has 0 bridgehead atoms. The first-order chi connectivity index (χ1) is 14.1. The van der Waals surface area contributed by atoms with E-state index in [1.165, 1.54) is 29.2 Å². The Morgan fingerprint density at radius 1 is 1.07 bits per heavy atom. The summed E-state index contributed by atoms with van der Waals surface area (Å²) in [6, 6.07) is 12.7. The summed E-state index contributed by atoms with van der Waals surface area (Å²) in [7, 11) is -0.471. The van der Waals surface area contributed by atoms with Gasteiger partial charge in [-0.15, -0.1) is 0 Å². The first-order valence-electron chi connectivity index (χ1n) is 9.05. The second kappa shape index (κ2) is 9.93. The van der Waals surface area contributed by atoms with Gasteiger partial charge < -0.3 is 15.0 Å². The van der Waals surface area contributed by atoms with Crippen molar-refractivity contribution in [3.05, 3.63) is 66.7 Å². The van der Waals surface area contributed by atoms with Crippen molar-refractivity contribution in [2.45, 2.75) is 0 Å². The minimum absolute atomic E-state index is 0.203. The van der Waals surface area contributed by atoms with E-state index in [0.29, 0.717) is 23.6 Å². The van der Waals surface area contributed by atoms with Crippen LogP contribution >= 0.6 is 0 Å². The number of anilines is 2. The van der Waals surface area contributed by atoms with E-state index in [-0.39, 0.29) is 11.6 Å². The molecule has 160 valence electrons. The van der Waals surface area contributed by atoms with Crippen LogP contribution in [0.3, 0.4) is 0 Å². The first-order valence-corrected chi connectivity index (χ1v) is 10.9. The van der Waals surface area contributed by atoms with Gasteiger partial charge in [-0.05, 0) is 48.5 Å². The summed E-state index contributed by atoms with van der Waals surface area (Å²) in [6.45, 7) is 3.53. The highest BCUT2D eigenvalue weighted by Crippen LogP contribution is 2.20. The van der Waals surface area contributed by atoms with Crippen molar-refractivity contribution in [2.75, 3.05) is 43.1 Å². The fourth-order valence-electron chi connectivity index (χ4n) is 2.55. The summed E-state index contributed by atoms with van der Waals surface area (Å²) in [5.74, 6) is -0.0858. The number of sulfonamides is 1. The molecule has 0 atom stereocenters. The van der Waals surface area contributed by atoms with Crippen LogP contribution in [0.1, 0.15) is 10.4 Å². The normalized spacial score (nSPS) is 10.8. The van der Waals surface area contributed by atoms with Crippen molar-refractivity contribution < 1.29 is 22.7 Å². The van der Waals surface area contributed by atoms with Crippen molar-refractivity contribution >= 4 is 33.2 Å². The topological polar surface area (TPSA) is 96.0 Å². The maximum atomic E-state index is 12.4. The minimum atomic E-state index is -3.72. The van der Waals surface area contributed by atoms with Gasteiger partial charge in [0, 0.05) is 25.3 Å². The molecule has 0 radical (unpaired) electrons. The predicted octanol–water partition coefficient (Wildman–Crippen LogP) is 2.36. The molecular weight excluding hydrogens is 406 g/mol. The fourth-order valence-corrected chi connectivity index (χ4v) is 3.41. The Kier molecular flexibility index (Phi) is 7.60. The summed E-state index contributed by atoms with van der Waals surface area (Å²) >= 11 is 0. The zero-order valence-electron chi connectivity index (χ0n) is 17.2. The second-order valence-corrected chi connectivity index (χ2v) is 8.60. The Morgan fingerprint density at radius 3 is 2.17 bits per heavy atom.